The van der Waals surface area contributed by atoms with E-state index < -0.39 is 0 Å². The predicted molar refractivity (Wildman–Crippen MR) is 73.6 cm³/mol. The zero-order valence-corrected chi connectivity index (χ0v) is 11.9. The SMILES string of the molecule is CCC(NCC(=O)N(CC)C1CC1)c1nccs1. The van der Waals surface area contributed by atoms with Crippen molar-refractivity contribution >= 4 is 17.2 Å². The van der Waals surface area contributed by atoms with Gasteiger partial charge in [-0.2, -0.15) is 0 Å². The maximum absolute atomic E-state index is 12.1. The molecule has 1 atom stereocenters. The van der Waals surface area contributed by atoms with Crippen molar-refractivity contribution in [2.45, 2.75) is 45.2 Å². The van der Waals surface area contributed by atoms with Crippen LogP contribution in [0.15, 0.2) is 11.6 Å². The molecular weight excluding hydrogens is 246 g/mol. The fraction of sp³-hybridized carbons (Fsp3) is 0.692. The number of carbonyl (C=O) groups excluding carboxylic acids is 1. The second kappa shape index (κ2) is 6.29. The molecule has 5 heteroatoms. The van der Waals surface area contributed by atoms with Gasteiger partial charge in [-0.1, -0.05) is 6.92 Å². The fourth-order valence-electron chi connectivity index (χ4n) is 2.15. The summed E-state index contributed by atoms with van der Waals surface area (Å²) in [5.74, 6) is 0.218. The fourth-order valence-corrected chi connectivity index (χ4v) is 2.95. The number of amides is 1. The molecule has 1 fully saturated rings. The molecule has 0 spiro atoms. The average molecular weight is 267 g/mol. The topological polar surface area (TPSA) is 45.2 Å². The number of hydrogen-bond acceptors (Lipinski definition) is 4. The molecule has 0 bridgehead atoms. The molecule has 0 aromatic carbocycles. The molecule has 1 aliphatic rings. The third-order valence-corrected chi connectivity index (χ3v) is 4.20. The van der Waals surface area contributed by atoms with E-state index >= 15 is 0 Å². The Kier molecular flexibility index (Phi) is 4.72. The maximum atomic E-state index is 12.1. The van der Waals surface area contributed by atoms with Crippen LogP contribution in [-0.4, -0.2) is 34.9 Å². The Balaban J connectivity index is 1.84. The van der Waals surface area contributed by atoms with E-state index in [9.17, 15) is 4.79 Å². The van der Waals surface area contributed by atoms with Gasteiger partial charge >= 0.3 is 0 Å². The molecule has 0 saturated heterocycles. The zero-order valence-electron chi connectivity index (χ0n) is 11.1. The van der Waals surface area contributed by atoms with Crippen LogP contribution in [0, 0.1) is 0 Å². The van der Waals surface area contributed by atoms with Gasteiger partial charge in [-0.05, 0) is 26.2 Å². The summed E-state index contributed by atoms with van der Waals surface area (Å²) in [5, 5.41) is 6.37. The highest BCUT2D eigenvalue weighted by Crippen LogP contribution is 2.26. The van der Waals surface area contributed by atoms with Gasteiger partial charge in [0.2, 0.25) is 5.91 Å². The molecule has 1 aromatic heterocycles. The Labute approximate surface area is 112 Å². The van der Waals surface area contributed by atoms with Crippen LogP contribution in [0.25, 0.3) is 0 Å². The van der Waals surface area contributed by atoms with Gasteiger partial charge in [-0.3, -0.25) is 10.1 Å². The van der Waals surface area contributed by atoms with Crippen molar-refractivity contribution < 1.29 is 4.79 Å². The van der Waals surface area contributed by atoms with E-state index in [-0.39, 0.29) is 11.9 Å². The molecule has 1 aliphatic carbocycles. The first-order valence-electron chi connectivity index (χ1n) is 6.68. The van der Waals surface area contributed by atoms with E-state index in [1.807, 2.05) is 23.4 Å². The number of carbonyl (C=O) groups is 1. The summed E-state index contributed by atoms with van der Waals surface area (Å²) in [5.41, 5.74) is 0. The molecule has 18 heavy (non-hydrogen) atoms. The standard InChI is InChI=1S/C13H21N3OS/c1-3-11(13-14-7-8-18-13)15-9-12(17)16(4-2)10-5-6-10/h7-8,10-11,15H,3-6,9H2,1-2H3. The monoisotopic (exact) mass is 267 g/mol. The first kappa shape index (κ1) is 13.5. The number of rotatable bonds is 7. The van der Waals surface area contributed by atoms with E-state index in [2.05, 4.69) is 17.2 Å². The minimum Gasteiger partial charge on any atom is -0.339 e. The van der Waals surface area contributed by atoms with E-state index in [1.165, 1.54) is 12.8 Å². The van der Waals surface area contributed by atoms with Gasteiger partial charge in [-0.15, -0.1) is 11.3 Å². The summed E-state index contributed by atoms with van der Waals surface area (Å²) >= 11 is 1.64. The molecule has 0 radical (unpaired) electrons. The maximum Gasteiger partial charge on any atom is 0.236 e. The smallest absolute Gasteiger partial charge is 0.236 e. The van der Waals surface area contributed by atoms with Crippen LogP contribution in [0.1, 0.15) is 44.2 Å². The molecule has 1 N–H and O–H groups in total. The van der Waals surface area contributed by atoms with Crippen LogP contribution in [0.3, 0.4) is 0 Å². The van der Waals surface area contributed by atoms with Crippen LogP contribution in [0.4, 0.5) is 0 Å². The van der Waals surface area contributed by atoms with Crippen LogP contribution in [0.5, 0.6) is 0 Å². The lowest BCUT2D eigenvalue weighted by Crippen LogP contribution is -2.40. The Morgan fingerprint density at radius 2 is 2.39 bits per heavy atom. The second-order valence-electron chi connectivity index (χ2n) is 4.62. The highest BCUT2D eigenvalue weighted by atomic mass is 32.1. The van der Waals surface area contributed by atoms with E-state index in [4.69, 9.17) is 0 Å². The summed E-state index contributed by atoms with van der Waals surface area (Å²) in [6, 6.07) is 0.705. The van der Waals surface area contributed by atoms with Crippen molar-refractivity contribution in [3.8, 4) is 0 Å². The van der Waals surface area contributed by atoms with Crippen LogP contribution >= 0.6 is 11.3 Å². The number of aromatic nitrogens is 1. The molecule has 1 aromatic rings. The lowest BCUT2D eigenvalue weighted by molar-refractivity contribution is -0.130. The van der Waals surface area contributed by atoms with Crippen molar-refractivity contribution in [3.05, 3.63) is 16.6 Å². The molecule has 1 amide bonds. The average Bonchev–Trinajstić information content (AvgIpc) is 3.06. The molecule has 1 saturated carbocycles. The Bertz CT molecular complexity index is 376. The summed E-state index contributed by atoms with van der Waals surface area (Å²) in [7, 11) is 0. The first-order valence-corrected chi connectivity index (χ1v) is 7.56. The molecule has 2 rings (SSSR count). The van der Waals surface area contributed by atoms with Gasteiger partial charge in [0, 0.05) is 24.2 Å². The summed E-state index contributed by atoms with van der Waals surface area (Å²) in [6.45, 7) is 5.40. The summed E-state index contributed by atoms with van der Waals surface area (Å²) in [4.78, 5) is 18.4. The van der Waals surface area contributed by atoms with Crippen LogP contribution < -0.4 is 5.32 Å². The molecule has 4 nitrogen and oxygen atoms in total. The zero-order chi connectivity index (χ0) is 13.0. The van der Waals surface area contributed by atoms with Crippen molar-refractivity contribution in [1.29, 1.82) is 0 Å². The minimum atomic E-state index is 0.201. The number of likely N-dealkylation sites (N-methyl/N-ethyl adjacent to an activating group) is 1. The number of nitrogens with one attached hydrogen (secondary N) is 1. The number of thiazole rings is 1. The Morgan fingerprint density at radius 3 is 2.89 bits per heavy atom. The predicted octanol–water partition coefficient (Wildman–Crippen LogP) is 2.19. The van der Waals surface area contributed by atoms with E-state index in [1.54, 1.807) is 11.3 Å². The molecule has 100 valence electrons. The lowest BCUT2D eigenvalue weighted by Gasteiger charge is -2.22. The molecule has 1 unspecified atom stereocenters. The minimum absolute atomic E-state index is 0.201. The third-order valence-electron chi connectivity index (χ3n) is 3.31. The van der Waals surface area contributed by atoms with Gasteiger partial charge in [0.25, 0.3) is 0 Å². The third kappa shape index (κ3) is 3.29. The highest BCUT2D eigenvalue weighted by molar-refractivity contribution is 7.09. The van der Waals surface area contributed by atoms with Crippen LogP contribution in [0.2, 0.25) is 0 Å². The highest BCUT2D eigenvalue weighted by Gasteiger charge is 2.31. The Morgan fingerprint density at radius 1 is 1.61 bits per heavy atom. The Hall–Kier alpha value is -0.940. The van der Waals surface area contributed by atoms with Crippen molar-refractivity contribution in [2.75, 3.05) is 13.1 Å². The summed E-state index contributed by atoms with van der Waals surface area (Å²) in [6.07, 6.45) is 5.11. The van der Waals surface area contributed by atoms with Gasteiger partial charge in [0.1, 0.15) is 5.01 Å². The van der Waals surface area contributed by atoms with Gasteiger partial charge in [-0.25, -0.2) is 4.98 Å². The second-order valence-corrected chi connectivity index (χ2v) is 5.55. The quantitative estimate of drug-likeness (QED) is 0.823. The molecule has 0 aliphatic heterocycles. The largest absolute Gasteiger partial charge is 0.339 e. The van der Waals surface area contributed by atoms with Gasteiger partial charge in [0.15, 0.2) is 0 Å². The normalized spacial score (nSPS) is 16.6. The van der Waals surface area contributed by atoms with E-state index in [0.29, 0.717) is 12.6 Å². The first-order chi connectivity index (χ1) is 8.76. The van der Waals surface area contributed by atoms with E-state index in [0.717, 1.165) is 18.0 Å². The number of hydrogen-bond donors (Lipinski definition) is 1. The lowest BCUT2D eigenvalue weighted by atomic mass is 10.2. The van der Waals surface area contributed by atoms with Crippen LogP contribution in [-0.2, 0) is 4.79 Å². The van der Waals surface area contributed by atoms with Crippen molar-refractivity contribution in [3.63, 3.8) is 0 Å². The van der Waals surface area contributed by atoms with Gasteiger partial charge in [0.05, 0.1) is 12.6 Å². The van der Waals surface area contributed by atoms with Gasteiger partial charge < -0.3 is 4.90 Å². The number of nitrogens with zero attached hydrogens (tertiary/aromatic N) is 2. The molecule has 1 heterocycles. The summed E-state index contributed by atoms with van der Waals surface area (Å²) < 4.78 is 0. The van der Waals surface area contributed by atoms with Crippen molar-refractivity contribution in [2.24, 2.45) is 0 Å². The molecular formula is C13H21N3OS. The van der Waals surface area contributed by atoms with Crippen molar-refractivity contribution in [1.82, 2.24) is 15.2 Å².